The van der Waals surface area contributed by atoms with E-state index >= 15 is 0 Å². The maximum absolute atomic E-state index is 14.4. The van der Waals surface area contributed by atoms with Crippen LogP contribution in [0.2, 0.25) is 0 Å². The number of anilines is 2. The Balaban J connectivity index is 1.48. The van der Waals surface area contributed by atoms with Crippen LogP contribution in [0.5, 0.6) is 5.75 Å². The molecule has 4 atom stereocenters. The molecular weight excluding hydrogens is 461 g/mol. The number of hydrogen-bond acceptors (Lipinski definition) is 5. The van der Waals surface area contributed by atoms with E-state index in [2.05, 4.69) is 10.6 Å². The topological polar surface area (TPSA) is 98.7 Å². The van der Waals surface area contributed by atoms with Crippen molar-refractivity contribution in [3.8, 4) is 5.75 Å². The number of nitrogens with zero attached hydrogens (tertiary/aromatic N) is 1. The van der Waals surface area contributed by atoms with Crippen molar-refractivity contribution in [3.63, 3.8) is 0 Å². The first-order valence-corrected chi connectivity index (χ1v) is 12.0. The van der Waals surface area contributed by atoms with Crippen LogP contribution in [0.3, 0.4) is 0 Å². The Bertz CT molecular complexity index is 1410. The Kier molecular flexibility index (Phi) is 4.98. The van der Waals surface area contributed by atoms with Crippen LogP contribution in [0.1, 0.15) is 23.6 Å². The molecule has 3 aliphatic rings. The predicted octanol–water partition coefficient (Wildman–Crippen LogP) is 3.26. The predicted molar refractivity (Wildman–Crippen MR) is 131 cm³/mol. The van der Waals surface area contributed by atoms with Crippen molar-refractivity contribution >= 4 is 29.1 Å². The molecule has 6 rings (SSSR count). The number of halogens is 1. The van der Waals surface area contributed by atoms with Crippen molar-refractivity contribution in [2.75, 3.05) is 10.2 Å². The number of rotatable bonds is 4. The molecule has 2 saturated heterocycles. The second-order valence-electron chi connectivity index (χ2n) is 9.61. The van der Waals surface area contributed by atoms with Gasteiger partial charge < -0.3 is 10.4 Å². The number of hydrogen-bond donors (Lipinski definition) is 3. The third-order valence-electron chi connectivity index (χ3n) is 7.67. The van der Waals surface area contributed by atoms with E-state index < -0.39 is 41.0 Å². The number of amides is 3. The summed E-state index contributed by atoms with van der Waals surface area (Å²) in [6, 6.07) is 17.2. The molecule has 1 spiro atoms. The van der Waals surface area contributed by atoms with Gasteiger partial charge in [-0.3, -0.25) is 19.7 Å². The third kappa shape index (κ3) is 3.10. The summed E-state index contributed by atoms with van der Waals surface area (Å²) in [6.45, 7) is 2.02. The van der Waals surface area contributed by atoms with Crippen LogP contribution in [0.15, 0.2) is 66.7 Å². The molecular formula is C28H24FN3O4. The number of nitrogens with one attached hydrogen (secondary N) is 2. The molecule has 0 aliphatic carbocycles. The smallest absolute Gasteiger partial charge is 0.250 e. The van der Waals surface area contributed by atoms with Gasteiger partial charge in [0.2, 0.25) is 17.7 Å². The molecule has 0 radical (unpaired) electrons. The highest BCUT2D eigenvalue weighted by Crippen LogP contribution is 2.54. The number of phenols is 1. The molecule has 0 aromatic heterocycles. The van der Waals surface area contributed by atoms with Crippen LogP contribution in [0.4, 0.5) is 15.8 Å². The molecule has 182 valence electrons. The highest BCUT2D eigenvalue weighted by molar-refractivity contribution is 6.25. The SMILES string of the molecule is CCc1ccc(N2C(=O)[C@H]3[C@@H](C2=O)[C@]2(N[C@@H]3Cc3ccc(O)cc3)C(=O)Nc3ccc(F)cc32)cc1. The number of carbonyl (C=O) groups is 3. The first-order valence-electron chi connectivity index (χ1n) is 12.0. The summed E-state index contributed by atoms with van der Waals surface area (Å²) < 4.78 is 14.4. The van der Waals surface area contributed by atoms with Crippen molar-refractivity contribution < 1.29 is 23.9 Å². The number of aryl methyl sites for hydroxylation is 1. The molecule has 0 unspecified atom stereocenters. The van der Waals surface area contributed by atoms with Gasteiger partial charge in [-0.1, -0.05) is 31.2 Å². The highest BCUT2D eigenvalue weighted by atomic mass is 19.1. The lowest BCUT2D eigenvalue weighted by atomic mass is 9.76. The lowest BCUT2D eigenvalue weighted by Gasteiger charge is -2.29. The number of aromatic hydroxyl groups is 1. The fraction of sp³-hybridized carbons (Fsp3) is 0.250. The molecule has 3 N–H and O–H groups in total. The van der Waals surface area contributed by atoms with Crippen molar-refractivity contribution in [2.45, 2.75) is 31.3 Å². The van der Waals surface area contributed by atoms with Gasteiger partial charge in [-0.15, -0.1) is 0 Å². The van der Waals surface area contributed by atoms with Gasteiger partial charge in [0.15, 0.2) is 0 Å². The van der Waals surface area contributed by atoms with Crippen LogP contribution in [-0.2, 0) is 32.8 Å². The van der Waals surface area contributed by atoms with E-state index in [1.54, 1.807) is 36.4 Å². The van der Waals surface area contributed by atoms with E-state index in [4.69, 9.17) is 0 Å². The number of benzene rings is 3. The third-order valence-corrected chi connectivity index (χ3v) is 7.67. The molecule has 0 bridgehead atoms. The second-order valence-corrected chi connectivity index (χ2v) is 9.61. The van der Waals surface area contributed by atoms with Crippen LogP contribution >= 0.6 is 0 Å². The largest absolute Gasteiger partial charge is 0.508 e. The zero-order chi connectivity index (χ0) is 25.2. The van der Waals surface area contributed by atoms with E-state index in [0.29, 0.717) is 23.4 Å². The number of imide groups is 1. The fourth-order valence-electron chi connectivity index (χ4n) is 5.97. The van der Waals surface area contributed by atoms with Crippen molar-refractivity contribution in [1.29, 1.82) is 0 Å². The summed E-state index contributed by atoms with van der Waals surface area (Å²) in [7, 11) is 0. The van der Waals surface area contributed by atoms with Gasteiger partial charge in [-0.05, 0) is 66.4 Å². The molecule has 8 heteroatoms. The monoisotopic (exact) mass is 485 g/mol. The van der Waals surface area contributed by atoms with Gasteiger partial charge in [-0.25, -0.2) is 9.29 Å². The van der Waals surface area contributed by atoms with Crippen LogP contribution in [0, 0.1) is 17.7 Å². The summed E-state index contributed by atoms with van der Waals surface area (Å²) in [5.74, 6) is -3.65. The van der Waals surface area contributed by atoms with Gasteiger partial charge >= 0.3 is 0 Å². The summed E-state index contributed by atoms with van der Waals surface area (Å²) >= 11 is 0. The van der Waals surface area contributed by atoms with Crippen molar-refractivity contribution in [1.82, 2.24) is 5.32 Å². The van der Waals surface area contributed by atoms with Crippen molar-refractivity contribution in [2.24, 2.45) is 11.8 Å². The van der Waals surface area contributed by atoms with Crippen LogP contribution in [-0.4, -0.2) is 28.9 Å². The molecule has 3 amide bonds. The van der Waals surface area contributed by atoms with E-state index in [0.717, 1.165) is 17.5 Å². The van der Waals surface area contributed by atoms with Gasteiger partial charge in [0, 0.05) is 17.3 Å². The van der Waals surface area contributed by atoms with Gasteiger partial charge in [0.1, 0.15) is 17.1 Å². The van der Waals surface area contributed by atoms with E-state index in [-0.39, 0.29) is 11.7 Å². The Hall–Kier alpha value is -4.04. The maximum atomic E-state index is 14.4. The lowest BCUT2D eigenvalue weighted by Crippen LogP contribution is -2.53. The van der Waals surface area contributed by atoms with E-state index in [1.165, 1.54) is 23.1 Å². The second kappa shape index (κ2) is 7.99. The Morgan fingerprint density at radius 3 is 2.33 bits per heavy atom. The fourth-order valence-corrected chi connectivity index (χ4v) is 5.97. The first-order chi connectivity index (χ1) is 17.3. The molecule has 3 heterocycles. The van der Waals surface area contributed by atoms with E-state index in [9.17, 15) is 23.9 Å². The standard InChI is InChI=1S/C28H24FN3O4/c1-2-15-3-8-18(9-4-15)32-25(34)23-22(13-16-5-10-19(33)11-6-16)31-28(24(23)26(32)35)20-14-17(29)7-12-21(20)30-27(28)36/h3-12,14,22-24,31,33H,2,13H2,1H3,(H,30,36)/t22-,23-,24+,28+/m1/s1. The minimum atomic E-state index is -1.57. The van der Waals surface area contributed by atoms with Gasteiger partial charge in [0.25, 0.3) is 0 Å². The average Bonchev–Trinajstić information content (AvgIpc) is 3.45. The molecule has 7 nitrogen and oxygen atoms in total. The van der Waals surface area contributed by atoms with Crippen molar-refractivity contribution in [3.05, 3.63) is 89.2 Å². The highest BCUT2D eigenvalue weighted by Gasteiger charge is 2.70. The number of phenolic OH excluding ortho intramolecular Hbond substituents is 1. The van der Waals surface area contributed by atoms with E-state index in [1.807, 2.05) is 19.1 Å². The normalized spacial score (nSPS) is 26.4. The Morgan fingerprint density at radius 1 is 0.944 bits per heavy atom. The van der Waals surface area contributed by atoms with Crippen LogP contribution in [0.25, 0.3) is 0 Å². The minimum absolute atomic E-state index is 0.112. The average molecular weight is 486 g/mol. The Morgan fingerprint density at radius 2 is 1.64 bits per heavy atom. The molecule has 0 saturated carbocycles. The van der Waals surface area contributed by atoms with Gasteiger partial charge in [0.05, 0.1) is 17.5 Å². The molecule has 3 aliphatic heterocycles. The molecule has 36 heavy (non-hydrogen) atoms. The zero-order valence-electron chi connectivity index (χ0n) is 19.5. The lowest BCUT2D eigenvalue weighted by molar-refractivity contribution is -0.130. The summed E-state index contributed by atoms with van der Waals surface area (Å²) in [5.41, 5.74) is 1.53. The minimum Gasteiger partial charge on any atom is -0.508 e. The number of fused-ring (bicyclic) bond motifs is 4. The number of carbonyl (C=O) groups excluding carboxylic acids is 3. The van der Waals surface area contributed by atoms with Crippen LogP contribution < -0.4 is 15.5 Å². The maximum Gasteiger partial charge on any atom is 0.250 e. The van der Waals surface area contributed by atoms with Gasteiger partial charge in [-0.2, -0.15) is 0 Å². The molecule has 3 aromatic carbocycles. The molecule has 3 aromatic rings. The Labute approximate surface area is 206 Å². The summed E-state index contributed by atoms with van der Waals surface area (Å²) in [6.07, 6.45) is 1.15. The molecule has 2 fully saturated rings. The quantitative estimate of drug-likeness (QED) is 0.493. The summed E-state index contributed by atoms with van der Waals surface area (Å²) in [5, 5.41) is 15.8. The summed E-state index contributed by atoms with van der Waals surface area (Å²) in [4.78, 5) is 42.5. The zero-order valence-corrected chi connectivity index (χ0v) is 19.5. The first kappa shape index (κ1) is 22.4.